The number of nitrogens with one attached hydrogen (secondary N) is 1. The Bertz CT molecular complexity index is 1100. The van der Waals surface area contributed by atoms with Crippen LogP contribution in [0.1, 0.15) is 18.9 Å². The number of para-hydroxylation sites is 1. The van der Waals surface area contributed by atoms with E-state index >= 15 is 0 Å². The Kier molecular flexibility index (Phi) is 3.14. The normalized spacial score (nSPS) is 20.0. The number of fused-ring (bicyclic) bond motifs is 2. The van der Waals surface area contributed by atoms with Crippen molar-refractivity contribution in [2.75, 3.05) is 5.32 Å². The summed E-state index contributed by atoms with van der Waals surface area (Å²) in [5.74, 6) is 0. The van der Waals surface area contributed by atoms with Crippen molar-refractivity contribution >= 4 is 38.0 Å². The molecule has 1 N–H and O–H groups in total. The van der Waals surface area contributed by atoms with Crippen molar-refractivity contribution in [3.8, 4) is 0 Å². The van der Waals surface area contributed by atoms with Gasteiger partial charge in [0.25, 0.3) is 0 Å². The van der Waals surface area contributed by atoms with Gasteiger partial charge in [-0.15, -0.1) is 0 Å². The van der Waals surface area contributed by atoms with Crippen LogP contribution in [0.2, 0.25) is 0 Å². The van der Waals surface area contributed by atoms with Gasteiger partial charge in [0.1, 0.15) is 0 Å². The molecule has 0 bridgehead atoms. The molecule has 0 aliphatic heterocycles. The Morgan fingerprint density at radius 1 is 1.16 bits per heavy atom. The lowest BCUT2D eigenvalue weighted by Crippen LogP contribution is -2.40. The van der Waals surface area contributed by atoms with Crippen LogP contribution in [-0.4, -0.2) is 30.1 Å². The maximum atomic E-state index is 12.5. The van der Waals surface area contributed by atoms with Gasteiger partial charge in [-0.2, -0.15) is 0 Å². The number of aromatic nitrogens is 5. The van der Waals surface area contributed by atoms with Crippen molar-refractivity contribution in [1.82, 2.24) is 24.1 Å². The van der Waals surface area contributed by atoms with E-state index in [1.807, 2.05) is 18.2 Å². The maximum absolute atomic E-state index is 12.5. The standard InChI is InChI=1S/C17H16N6OS/c1-22-14-15(19-7-6-18-14)23(17(22)24)11-8-10(9-11)20-16-21-12-4-2-3-5-13(12)25-16/h2-7,10-11H,8-9H2,1H3,(H,20,21). The molecule has 0 saturated heterocycles. The maximum Gasteiger partial charge on any atom is 0.331 e. The molecule has 7 nitrogen and oxygen atoms in total. The molecule has 1 aliphatic rings. The molecule has 5 rings (SSSR count). The monoisotopic (exact) mass is 352 g/mol. The Balaban J connectivity index is 1.37. The lowest BCUT2D eigenvalue weighted by atomic mass is 9.86. The second-order valence-electron chi connectivity index (χ2n) is 6.37. The molecule has 1 aliphatic carbocycles. The fraction of sp³-hybridized carbons (Fsp3) is 0.294. The second-order valence-corrected chi connectivity index (χ2v) is 7.40. The minimum Gasteiger partial charge on any atom is -0.359 e. The van der Waals surface area contributed by atoms with Gasteiger partial charge in [-0.3, -0.25) is 9.13 Å². The molecule has 1 fully saturated rings. The summed E-state index contributed by atoms with van der Waals surface area (Å²) in [5, 5.41) is 4.43. The molecule has 126 valence electrons. The first kappa shape index (κ1) is 14.6. The van der Waals surface area contributed by atoms with E-state index in [1.165, 1.54) is 4.70 Å². The number of anilines is 1. The van der Waals surface area contributed by atoms with E-state index in [0.29, 0.717) is 17.3 Å². The van der Waals surface area contributed by atoms with Gasteiger partial charge in [-0.1, -0.05) is 23.5 Å². The van der Waals surface area contributed by atoms with E-state index in [0.717, 1.165) is 23.5 Å². The quantitative estimate of drug-likeness (QED) is 0.613. The molecule has 1 aromatic carbocycles. The highest BCUT2D eigenvalue weighted by atomic mass is 32.1. The largest absolute Gasteiger partial charge is 0.359 e. The van der Waals surface area contributed by atoms with Crippen LogP contribution in [0.15, 0.2) is 41.5 Å². The summed E-state index contributed by atoms with van der Waals surface area (Å²) < 4.78 is 4.52. The van der Waals surface area contributed by atoms with Crippen molar-refractivity contribution in [3.05, 3.63) is 47.1 Å². The third-order valence-corrected chi connectivity index (χ3v) is 5.77. The number of benzene rings is 1. The molecule has 25 heavy (non-hydrogen) atoms. The number of imidazole rings is 1. The first-order valence-electron chi connectivity index (χ1n) is 8.21. The molecular formula is C17H16N6OS. The Labute approximate surface area is 147 Å². The van der Waals surface area contributed by atoms with Crippen molar-refractivity contribution in [2.24, 2.45) is 7.05 Å². The van der Waals surface area contributed by atoms with Crippen LogP contribution >= 0.6 is 11.3 Å². The van der Waals surface area contributed by atoms with Crippen LogP contribution in [-0.2, 0) is 7.05 Å². The summed E-state index contributed by atoms with van der Waals surface area (Å²) in [5.41, 5.74) is 2.27. The van der Waals surface area contributed by atoms with Gasteiger partial charge in [-0.25, -0.2) is 19.7 Å². The summed E-state index contributed by atoms with van der Waals surface area (Å²) >= 11 is 1.66. The molecular weight excluding hydrogens is 336 g/mol. The van der Waals surface area contributed by atoms with E-state index in [1.54, 1.807) is 39.9 Å². The molecule has 3 aromatic heterocycles. The van der Waals surface area contributed by atoms with Crippen LogP contribution < -0.4 is 11.0 Å². The van der Waals surface area contributed by atoms with Crippen molar-refractivity contribution < 1.29 is 0 Å². The van der Waals surface area contributed by atoms with E-state index in [-0.39, 0.29) is 11.7 Å². The molecule has 0 spiro atoms. The van der Waals surface area contributed by atoms with Gasteiger partial charge >= 0.3 is 5.69 Å². The van der Waals surface area contributed by atoms with Crippen LogP contribution in [0.5, 0.6) is 0 Å². The lowest BCUT2D eigenvalue weighted by Gasteiger charge is -2.36. The predicted octanol–water partition coefficient (Wildman–Crippen LogP) is 2.56. The number of nitrogens with zero attached hydrogens (tertiary/aromatic N) is 5. The fourth-order valence-corrected chi connectivity index (χ4v) is 4.37. The zero-order chi connectivity index (χ0) is 17.0. The van der Waals surface area contributed by atoms with Crippen LogP contribution in [0.25, 0.3) is 21.5 Å². The first-order valence-corrected chi connectivity index (χ1v) is 9.02. The summed E-state index contributed by atoms with van der Waals surface area (Å²) in [4.78, 5) is 25.8. The Morgan fingerprint density at radius 3 is 2.72 bits per heavy atom. The molecule has 4 aromatic rings. The molecule has 0 atom stereocenters. The Morgan fingerprint density at radius 2 is 1.92 bits per heavy atom. The van der Waals surface area contributed by atoms with E-state index in [2.05, 4.69) is 26.3 Å². The van der Waals surface area contributed by atoms with Crippen LogP contribution in [0.3, 0.4) is 0 Å². The molecule has 0 radical (unpaired) electrons. The molecule has 3 heterocycles. The van der Waals surface area contributed by atoms with E-state index < -0.39 is 0 Å². The zero-order valence-electron chi connectivity index (χ0n) is 13.6. The third-order valence-electron chi connectivity index (χ3n) is 4.80. The predicted molar refractivity (Wildman–Crippen MR) is 98.1 cm³/mol. The lowest BCUT2D eigenvalue weighted by molar-refractivity contribution is 0.280. The average Bonchev–Trinajstić information content (AvgIpc) is 3.11. The highest BCUT2D eigenvalue weighted by molar-refractivity contribution is 7.22. The molecule has 8 heteroatoms. The third kappa shape index (κ3) is 2.25. The SMILES string of the molecule is Cn1c(=O)n(C2CC(Nc3nc4ccccc4s3)C2)c2nccnc21. The number of aryl methyl sites for hydroxylation is 1. The summed E-state index contributed by atoms with van der Waals surface area (Å²) in [6.07, 6.45) is 5.01. The van der Waals surface area contributed by atoms with E-state index in [4.69, 9.17) is 0 Å². The molecule has 1 saturated carbocycles. The number of hydrogen-bond donors (Lipinski definition) is 1. The van der Waals surface area contributed by atoms with Gasteiger partial charge in [-0.05, 0) is 25.0 Å². The van der Waals surface area contributed by atoms with Crippen molar-refractivity contribution in [1.29, 1.82) is 0 Å². The summed E-state index contributed by atoms with van der Waals surface area (Å²) in [6.45, 7) is 0. The van der Waals surface area contributed by atoms with E-state index in [9.17, 15) is 4.79 Å². The minimum atomic E-state index is -0.0513. The fourth-order valence-electron chi connectivity index (χ4n) is 3.43. The smallest absolute Gasteiger partial charge is 0.331 e. The van der Waals surface area contributed by atoms with Crippen LogP contribution in [0, 0.1) is 0 Å². The van der Waals surface area contributed by atoms with Gasteiger partial charge < -0.3 is 5.32 Å². The summed E-state index contributed by atoms with van der Waals surface area (Å²) in [7, 11) is 1.74. The number of hydrogen-bond acceptors (Lipinski definition) is 6. The average molecular weight is 352 g/mol. The van der Waals surface area contributed by atoms with Crippen molar-refractivity contribution in [2.45, 2.75) is 24.9 Å². The van der Waals surface area contributed by atoms with Crippen molar-refractivity contribution in [3.63, 3.8) is 0 Å². The topological polar surface area (TPSA) is 77.6 Å². The minimum absolute atomic E-state index is 0.0513. The highest BCUT2D eigenvalue weighted by Crippen LogP contribution is 2.36. The Hall–Kier alpha value is -2.74. The zero-order valence-corrected chi connectivity index (χ0v) is 14.4. The number of thiazole rings is 1. The molecule has 0 unspecified atom stereocenters. The summed E-state index contributed by atoms with van der Waals surface area (Å²) in [6, 6.07) is 8.60. The van der Waals surface area contributed by atoms with Gasteiger partial charge in [0, 0.05) is 31.5 Å². The molecule has 0 amide bonds. The van der Waals surface area contributed by atoms with Crippen LogP contribution in [0.4, 0.5) is 5.13 Å². The van der Waals surface area contributed by atoms with Gasteiger partial charge in [0.15, 0.2) is 16.4 Å². The van der Waals surface area contributed by atoms with Gasteiger partial charge in [0.05, 0.1) is 10.2 Å². The second kappa shape index (κ2) is 5.38. The van der Waals surface area contributed by atoms with Gasteiger partial charge in [0.2, 0.25) is 0 Å². The first-order chi connectivity index (χ1) is 12.2. The number of rotatable bonds is 3. The highest BCUT2D eigenvalue weighted by Gasteiger charge is 2.34.